The standard InChI is InChI=1S/C19H27N3O7S/c1-19(2,3)29-18(26)21-14-9-15(17(24)25)22(11-14)16(23)10-20-30(27,28)12-13-7-5-4-6-8-13/h4-8,14-15,20H,9-12H2,1-3H3,(H,21,26)(H,24,25)/t14-,15-/m0/s1. The maximum atomic E-state index is 12.5. The number of hydrogen-bond acceptors (Lipinski definition) is 6. The molecule has 2 amide bonds. The smallest absolute Gasteiger partial charge is 0.407 e. The third-order valence-corrected chi connectivity index (χ3v) is 5.57. The average molecular weight is 442 g/mol. The van der Waals surface area contributed by atoms with Crippen molar-refractivity contribution in [1.82, 2.24) is 14.9 Å². The highest BCUT2D eigenvalue weighted by Crippen LogP contribution is 2.19. The molecule has 2 rings (SSSR count). The molecule has 1 aliphatic heterocycles. The van der Waals surface area contributed by atoms with E-state index in [9.17, 15) is 27.9 Å². The van der Waals surface area contributed by atoms with Crippen molar-refractivity contribution in [3.8, 4) is 0 Å². The van der Waals surface area contributed by atoms with Crippen LogP contribution < -0.4 is 10.0 Å². The molecule has 1 aromatic carbocycles. The van der Waals surface area contributed by atoms with Crippen LogP contribution in [-0.4, -0.2) is 67.2 Å². The molecule has 1 aromatic rings. The van der Waals surface area contributed by atoms with E-state index in [-0.39, 0.29) is 18.7 Å². The lowest BCUT2D eigenvalue weighted by molar-refractivity contribution is -0.147. The molecule has 1 fully saturated rings. The SMILES string of the molecule is CC(C)(C)OC(=O)N[C@H]1C[C@@H](C(=O)O)N(C(=O)CNS(=O)(=O)Cc2ccccc2)C1. The topological polar surface area (TPSA) is 142 Å². The Balaban J connectivity index is 1.96. The third kappa shape index (κ3) is 7.30. The minimum absolute atomic E-state index is 0.00290. The maximum absolute atomic E-state index is 12.5. The quantitative estimate of drug-likeness (QED) is 0.565. The van der Waals surface area contributed by atoms with Gasteiger partial charge in [-0.05, 0) is 26.3 Å². The van der Waals surface area contributed by atoms with Gasteiger partial charge in [-0.3, -0.25) is 4.79 Å². The first-order chi connectivity index (χ1) is 13.9. The summed E-state index contributed by atoms with van der Waals surface area (Å²) in [7, 11) is -3.78. The summed E-state index contributed by atoms with van der Waals surface area (Å²) >= 11 is 0. The molecular formula is C19H27N3O7S. The largest absolute Gasteiger partial charge is 0.480 e. The van der Waals surface area contributed by atoms with Crippen LogP contribution in [0.4, 0.5) is 4.79 Å². The van der Waals surface area contributed by atoms with Gasteiger partial charge in [0, 0.05) is 13.0 Å². The Hall–Kier alpha value is -2.66. The molecule has 10 nitrogen and oxygen atoms in total. The number of alkyl carbamates (subject to hydrolysis) is 1. The van der Waals surface area contributed by atoms with Gasteiger partial charge in [-0.1, -0.05) is 30.3 Å². The monoisotopic (exact) mass is 441 g/mol. The lowest BCUT2D eigenvalue weighted by Crippen LogP contribution is -2.46. The first-order valence-corrected chi connectivity index (χ1v) is 11.0. The number of carboxylic acids is 1. The zero-order chi connectivity index (χ0) is 22.5. The molecule has 0 aliphatic carbocycles. The van der Waals surface area contributed by atoms with Crippen molar-refractivity contribution in [1.29, 1.82) is 0 Å². The summed E-state index contributed by atoms with van der Waals surface area (Å²) in [6.45, 7) is 4.45. The third-order valence-electron chi connectivity index (χ3n) is 4.27. The minimum Gasteiger partial charge on any atom is -0.480 e. The number of carbonyl (C=O) groups excluding carboxylic acids is 2. The van der Waals surface area contributed by atoms with E-state index in [2.05, 4.69) is 10.0 Å². The molecule has 2 atom stereocenters. The molecule has 0 unspecified atom stereocenters. The van der Waals surface area contributed by atoms with Gasteiger partial charge in [0.1, 0.15) is 11.6 Å². The number of nitrogens with one attached hydrogen (secondary N) is 2. The average Bonchev–Trinajstić information content (AvgIpc) is 3.02. The lowest BCUT2D eigenvalue weighted by atomic mass is 10.1. The van der Waals surface area contributed by atoms with Gasteiger partial charge in [0.05, 0.1) is 18.3 Å². The number of hydrogen-bond donors (Lipinski definition) is 3. The van der Waals surface area contributed by atoms with E-state index in [0.29, 0.717) is 5.56 Å². The zero-order valence-electron chi connectivity index (χ0n) is 17.1. The Morgan fingerprint density at radius 1 is 1.20 bits per heavy atom. The molecule has 0 radical (unpaired) electrons. The molecule has 30 heavy (non-hydrogen) atoms. The van der Waals surface area contributed by atoms with E-state index in [1.165, 1.54) is 0 Å². The van der Waals surface area contributed by atoms with Gasteiger partial charge in [-0.25, -0.2) is 22.7 Å². The predicted octanol–water partition coefficient (Wildman–Crippen LogP) is 0.685. The van der Waals surface area contributed by atoms with Crippen LogP contribution in [0.15, 0.2) is 30.3 Å². The molecule has 1 aliphatic rings. The highest BCUT2D eigenvalue weighted by molar-refractivity contribution is 7.88. The summed E-state index contributed by atoms with van der Waals surface area (Å²) in [4.78, 5) is 37.0. The van der Waals surface area contributed by atoms with E-state index in [0.717, 1.165) is 4.90 Å². The van der Waals surface area contributed by atoms with E-state index in [1.807, 2.05) is 0 Å². The first-order valence-electron chi connectivity index (χ1n) is 9.39. The fraction of sp³-hybridized carbons (Fsp3) is 0.526. The van der Waals surface area contributed by atoms with Gasteiger partial charge >= 0.3 is 12.1 Å². The Morgan fingerprint density at radius 2 is 1.83 bits per heavy atom. The lowest BCUT2D eigenvalue weighted by Gasteiger charge is -2.22. The molecule has 0 aromatic heterocycles. The summed E-state index contributed by atoms with van der Waals surface area (Å²) in [6, 6.07) is 6.67. The number of sulfonamides is 1. The van der Waals surface area contributed by atoms with E-state index in [1.54, 1.807) is 51.1 Å². The number of carbonyl (C=O) groups is 3. The number of benzene rings is 1. The van der Waals surface area contributed by atoms with Gasteiger partial charge in [-0.15, -0.1) is 0 Å². The first kappa shape index (κ1) is 23.6. The summed E-state index contributed by atoms with van der Waals surface area (Å²) in [5.74, 6) is -2.22. The zero-order valence-corrected chi connectivity index (χ0v) is 17.9. The summed E-state index contributed by atoms with van der Waals surface area (Å²) < 4.78 is 31.8. The second-order valence-corrected chi connectivity index (χ2v) is 9.85. The Bertz CT molecular complexity index is 881. The van der Waals surface area contributed by atoms with Gasteiger partial charge in [0.2, 0.25) is 15.9 Å². The Morgan fingerprint density at radius 3 is 2.40 bits per heavy atom. The van der Waals surface area contributed by atoms with Crippen molar-refractivity contribution in [2.24, 2.45) is 0 Å². The van der Waals surface area contributed by atoms with Crippen LogP contribution in [0, 0.1) is 0 Å². The van der Waals surface area contributed by atoms with Crippen LogP contribution in [0.2, 0.25) is 0 Å². The number of ether oxygens (including phenoxy) is 1. The van der Waals surface area contributed by atoms with Crippen LogP contribution in [0.3, 0.4) is 0 Å². The van der Waals surface area contributed by atoms with Crippen molar-refractivity contribution in [3.05, 3.63) is 35.9 Å². The fourth-order valence-corrected chi connectivity index (χ4v) is 4.12. The Labute approximate surface area is 175 Å². The van der Waals surface area contributed by atoms with E-state index >= 15 is 0 Å². The summed E-state index contributed by atoms with van der Waals surface area (Å²) in [6.07, 6.45) is -0.716. The molecular weight excluding hydrogens is 414 g/mol. The predicted molar refractivity (Wildman–Crippen MR) is 108 cm³/mol. The van der Waals surface area contributed by atoms with Gasteiger partial charge in [-0.2, -0.15) is 0 Å². The molecule has 0 saturated carbocycles. The van der Waals surface area contributed by atoms with Crippen molar-refractivity contribution in [2.45, 2.75) is 50.6 Å². The second kappa shape index (κ2) is 9.43. The molecule has 3 N–H and O–H groups in total. The second-order valence-electron chi connectivity index (χ2n) is 8.04. The van der Waals surface area contributed by atoms with Gasteiger partial charge < -0.3 is 20.1 Å². The van der Waals surface area contributed by atoms with Gasteiger partial charge in [0.15, 0.2) is 0 Å². The highest BCUT2D eigenvalue weighted by Gasteiger charge is 2.40. The maximum Gasteiger partial charge on any atom is 0.407 e. The number of likely N-dealkylation sites (tertiary alicyclic amines) is 1. The van der Waals surface area contributed by atoms with E-state index in [4.69, 9.17) is 4.74 Å². The number of carboxylic acid groups (broad SMARTS) is 1. The van der Waals surface area contributed by atoms with E-state index < -0.39 is 52.2 Å². The molecule has 1 heterocycles. The van der Waals surface area contributed by atoms with Crippen LogP contribution >= 0.6 is 0 Å². The Kier molecular flexibility index (Phi) is 7.43. The van der Waals surface area contributed by atoms with Gasteiger partial charge in [0.25, 0.3) is 0 Å². The minimum atomic E-state index is -3.78. The number of aliphatic carboxylic acids is 1. The summed E-state index contributed by atoms with van der Waals surface area (Å²) in [5.41, 5.74) is -0.162. The molecule has 0 bridgehead atoms. The van der Waals surface area contributed by atoms with Crippen molar-refractivity contribution < 1.29 is 32.6 Å². The van der Waals surface area contributed by atoms with Crippen LogP contribution in [0.1, 0.15) is 32.8 Å². The van der Waals surface area contributed by atoms with Crippen LogP contribution in [0.25, 0.3) is 0 Å². The normalized spacial score (nSPS) is 19.4. The summed E-state index contributed by atoms with van der Waals surface area (Å²) in [5, 5.41) is 12.0. The number of amides is 2. The van der Waals surface area contributed by atoms with Crippen molar-refractivity contribution in [3.63, 3.8) is 0 Å². The number of nitrogens with zero attached hydrogens (tertiary/aromatic N) is 1. The van der Waals surface area contributed by atoms with Crippen molar-refractivity contribution in [2.75, 3.05) is 13.1 Å². The van der Waals surface area contributed by atoms with Crippen LogP contribution in [-0.2, 0) is 30.1 Å². The fourth-order valence-electron chi connectivity index (χ4n) is 3.04. The number of rotatable bonds is 7. The van der Waals surface area contributed by atoms with Crippen molar-refractivity contribution >= 4 is 28.0 Å². The van der Waals surface area contributed by atoms with Crippen LogP contribution in [0.5, 0.6) is 0 Å². The highest BCUT2D eigenvalue weighted by atomic mass is 32.2. The molecule has 11 heteroatoms. The molecule has 166 valence electrons. The molecule has 0 spiro atoms. The molecule has 1 saturated heterocycles.